The molecule has 4 nitrogen and oxygen atoms in total. The summed E-state index contributed by atoms with van der Waals surface area (Å²) in [6.45, 7) is 0. The fourth-order valence-electron chi connectivity index (χ4n) is 3.60. The van der Waals surface area contributed by atoms with Crippen LogP contribution in [0.3, 0.4) is 0 Å². The van der Waals surface area contributed by atoms with E-state index in [0.29, 0.717) is 6.42 Å². The summed E-state index contributed by atoms with van der Waals surface area (Å²) in [5.41, 5.74) is -0.524. The number of aliphatic carboxylic acids is 2. The molecule has 1 aliphatic rings. The minimum atomic E-state index is -0.741. The second kappa shape index (κ2) is 10.6. The molecule has 0 bridgehead atoms. The van der Waals surface area contributed by atoms with Gasteiger partial charge in [-0.25, -0.2) is 0 Å². The lowest BCUT2D eigenvalue weighted by Gasteiger charge is -2.30. The number of rotatable bonds is 8. The van der Waals surface area contributed by atoms with Crippen molar-refractivity contribution in [2.75, 3.05) is 0 Å². The van der Waals surface area contributed by atoms with Crippen molar-refractivity contribution in [2.24, 2.45) is 5.41 Å². The topological polar surface area (TPSA) is 74.6 Å². The number of carbonyl (C=O) groups is 2. The van der Waals surface area contributed by atoms with Crippen molar-refractivity contribution >= 4 is 11.9 Å². The van der Waals surface area contributed by atoms with Crippen molar-refractivity contribution in [1.82, 2.24) is 0 Å². The third kappa shape index (κ3) is 7.28. The molecule has 1 fully saturated rings. The molecule has 0 aromatic carbocycles. The summed E-state index contributed by atoms with van der Waals surface area (Å²) < 4.78 is 0. The minimum absolute atomic E-state index is 0.226. The molecule has 0 spiro atoms. The highest BCUT2D eigenvalue weighted by Crippen LogP contribution is 2.38. The van der Waals surface area contributed by atoms with E-state index in [1.807, 2.05) is 0 Å². The molecule has 2 N–H and O–H groups in total. The van der Waals surface area contributed by atoms with Crippen LogP contribution in [0.25, 0.3) is 0 Å². The molecule has 128 valence electrons. The molecule has 0 radical (unpaired) electrons. The first-order valence-corrected chi connectivity index (χ1v) is 9.02. The molecule has 0 aliphatic heterocycles. The molecule has 0 atom stereocenters. The third-order valence-corrected chi connectivity index (χ3v) is 5.06. The summed E-state index contributed by atoms with van der Waals surface area (Å²) in [7, 11) is 0. The van der Waals surface area contributed by atoms with Gasteiger partial charge in [0.05, 0.1) is 5.41 Å². The Balaban J connectivity index is 2.41. The Kier molecular flexibility index (Phi) is 9.17. The molecule has 0 aromatic rings. The predicted molar refractivity (Wildman–Crippen MR) is 87.0 cm³/mol. The number of hydrogen-bond donors (Lipinski definition) is 2. The normalized spacial score (nSPS) is 19.5. The Bertz CT molecular complexity index is 328. The van der Waals surface area contributed by atoms with Gasteiger partial charge in [-0.3, -0.25) is 9.59 Å². The first-order valence-electron chi connectivity index (χ1n) is 9.02. The van der Waals surface area contributed by atoms with Gasteiger partial charge >= 0.3 is 11.9 Å². The van der Waals surface area contributed by atoms with Crippen molar-refractivity contribution in [3.05, 3.63) is 0 Å². The molecule has 0 unspecified atom stereocenters. The highest BCUT2D eigenvalue weighted by Gasteiger charge is 2.36. The van der Waals surface area contributed by atoms with Gasteiger partial charge in [-0.2, -0.15) is 0 Å². The van der Waals surface area contributed by atoms with E-state index in [1.54, 1.807) is 0 Å². The summed E-state index contributed by atoms with van der Waals surface area (Å²) in [4.78, 5) is 22.3. The molecule has 1 saturated carbocycles. The zero-order chi connectivity index (χ0) is 16.3. The zero-order valence-electron chi connectivity index (χ0n) is 13.8. The van der Waals surface area contributed by atoms with E-state index in [9.17, 15) is 14.7 Å². The van der Waals surface area contributed by atoms with Crippen LogP contribution in [-0.2, 0) is 9.59 Å². The summed E-state index contributed by atoms with van der Waals surface area (Å²) in [6, 6.07) is 0. The highest BCUT2D eigenvalue weighted by molar-refractivity contribution is 5.74. The Morgan fingerprint density at radius 2 is 1.23 bits per heavy atom. The van der Waals surface area contributed by atoms with Crippen LogP contribution in [0.5, 0.6) is 0 Å². The minimum Gasteiger partial charge on any atom is -0.481 e. The van der Waals surface area contributed by atoms with E-state index < -0.39 is 17.4 Å². The van der Waals surface area contributed by atoms with E-state index >= 15 is 0 Å². The van der Waals surface area contributed by atoms with Crippen molar-refractivity contribution in [2.45, 2.75) is 96.3 Å². The zero-order valence-corrected chi connectivity index (χ0v) is 13.8. The molecular formula is C18H32O4. The van der Waals surface area contributed by atoms with Gasteiger partial charge in [-0.15, -0.1) is 0 Å². The maximum absolute atomic E-state index is 11.9. The monoisotopic (exact) mass is 312 g/mol. The maximum atomic E-state index is 11.9. The SMILES string of the molecule is O=C(O)CCCCCCC1(C(=O)O)CCCCCCCCC1. The quantitative estimate of drug-likeness (QED) is 0.618. The average molecular weight is 312 g/mol. The Morgan fingerprint density at radius 3 is 1.73 bits per heavy atom. The first kappa shape index (κ1) is 19.0. The smallest absolute Gasteiger partial charge is 0.309 e. The molecule has 0 heterocycles. The Hall–Kier alpha value is -1.06. The average Bonchev–Trinajstić information content (AvgIpc) is 2.48. The second-order valence-electron chi connectivity index (χ2n) is 6.87. The maximum Gasteiger partial charge on any atom is 0.309 e. The van der Waals surface area contributed by atoms with Crippen LogP contribution in [0.4, 0.5) is 0 Å². The third-order valence-electron chi connectivity index (χ3n) is 5.06. The van der Waals surface area contributed by atoms with Crippen LogP contribution in [-0.4, -0.2) is 22.2 Å². The van der Waals surface area contributed by atoms with Crippen molar-refractivity contribution in [1.29, 1.82) is 0 Å². The largest absolute Gasteiger partial charge is 0.481 e. The number of carboxylic acid groups (broad SMARTS) is 2. The van der Waals surface area contributed by atoms with Crippen LogP contribution < -0.4 is 0 Å². The van der Waals surface area contributed by atoms with Gasteiger partial charge in [0, 0.05) is 6.42 Å². The molecular weight excluding hydrogens is 280 g/mol. The fourth-order valence-corrected chi connectivity index (χ4v) is 3.60. The van der Waals surface area contributed by atoms with Crippen LogP contribution in [0.2, 0.25) is 0 Å². The van der Waals surface area contributed by atoms with Gasteiger partial charge < -0.3 is 10.2 Å². The van der Waals surface area contributed by atoms with Crippen molar-refractivity contribution < 1.29 is 19.8 Å². The van der Waals surface area contributed by atoms with Gasteiger partial charge in [0.2, 0.25) is 0 Å². The van der Waals surface area contributed by atoms with Crippen LogP contribution in [0, 0.1) is 5.41 Å². The molecule has 1 aliphatic carbocycles. The lowest BCUT2D eigenvalue weighted by atomic mass is 9.73. The van der Waals surface area contributed by atoms with E-state index in [1.165, 1.54) is 19.3 Å². The molecule has 4 heteroatoms. The number of hydrogen-bond acceptors (Lipinski definition) is 2. The first-order chi connectivity index (χ1) is 10.6. The Labute approximate surface area is 134 Å². The van der Waals surface area contributed by atoms with Crippen LogP contribution in [0.1, 0.15) is 96.3 Å². The van der Waals surface area contributed by atoms with Crippen molar-refractivity contribution in [3.63, 3.8) is 0 Å². The van der Waals surface area contributed by atoms with E-state index in [-0.39, 0.29) is 6.42 Å². The number of unbranched alkanes of at least 4 members (excludes halogenated alkanes) is 3. The molecule has 0 aromatic heterocycles. The lowest BCUT2D eigenvalue weighted by Crippen LogP contribution is -2.31. The van der Waals surface area contributed by atoms with Crippen LogP contribution >= 0.6 is 0 Å². The predicted octanol–water partition coefficient (Wildman–Crippen LogP) is 5.01. The lowest BCUT2D eigenvalue weighted by molar-refractivity contribution is -0.151. The highest BCUT2D eigenvalue weighted by atomic mass is 16.4. The van der Waals surface area contributed by atoms with Gasteiger partial charge in [0.1, 0.15) is 0 Å². The van der Waals surface area contributed by atoms with Crippen molar-refractivity contribution in [3.8, 4) is 0 Å². The molecule has 0 saturated heterocycles. The van der Waals surface area contributed by atoms with E-state index in [2.05, 4.69) is 0 Å². The van der Waals surface area contributed by atoms with E-state index in [0.717, 1.165) is 64.2 Å². The van der Waals surface area contributed by atoms with E-state index in [4.69, 9.17) is 5.11 Å². The molecule has 22 heavy (non-hydrogen) atoms. The van der Waals surface area contributed by atoms with Gasteiger partial charge in [0.25, 0.3) is 0 Å². The summed E-state index contributed by atoms with van der Waals surface area (Å²) >= 11 is 0. The van der Waals surface area contributed by atoms with Crippen LogP contribution in [0.15, 0.2) is 0 Å². The summed E-state index contributed by atoms with van der Waals surface area (Å²) in [6.07, 6.45) is 14.2. The van der Waals surface area contributed by atoms with Gasteiger partial charge in [-0.1, -0.05) is 64.2 Å². The standard InChI is InChI=1S/C18H32O4/c19-16(20)12-8-4-7-11-15-18(17(21)22)13-9-5-2-1-3-6-10-14-18/h1-15H2,(H,19,20)(H,21,22). The summed E-state index contributed by atoms with van der Waals surface area (Å²) in [5, 5.41) is 18.4. The second-order valence-corrected chi connectivity index (χ2v) is 6.87. The number of carboxylic acids is 2. The Morgan fingerprint density at radius 1 is 0.727 bits per heavy atom. The fraction of sp³-hybridized carbons (Fsp3) is 0.889. The molecule has 0 amide bonds. The summed E-state index contributed by atoms with van der Waals surface area (Å²) in [5.74, 6) is -1.35. The van der Waals surface area contributed by atoms with Gasteiger partial charge in [-0.05, 0) is 25.7 Å². The van der Waals surface area contributed by atoms with Gasteiger partial charge in [0.15, 0.2) is 0 Å². The molecule has 1 rings (SSSR count).